The van der Waals surface area contributed by atoms with Gasteiger partial charge in [-0.3, -0.25) is 14.5 Å². The highest BCUT2D eigenvalue weighted by Gasteiger charge is 2.32. The Morgan fingerprint density at radius 3 is 2.58 bits per heavy atom. The Kier molecular flexibility index (Phi) is 6.72. The Morgan fingerprint density at radius 1 is 1.13 bits per heavy atom. The lowest BCUT2D eigenvalue weighted by molar-refractivity contribution is 0.0669. The number of aryl methyl sites for hydroxylation is 3. The maximum atomic E-state index is 14.0. The molecule has 194 valence electrons. The van der Waals surface area contributed by atoms with Gasteiger partial charge in [-0.05, 0) is 62.9 Å². The molecule has 1 aliphatic heterocycles. The maximum absolute atomic E-state index is 14.0. The zero-order chi connectivity index (χ0) is 27.0. The van der Waals surface area contributed by atoms with Gasteiger partial charge < -0.3 is 14.2 Å². The molecule has 1 aromatic carbocycles. The summed E-state index contributed by atoms with van der Waals surface area (Å²) in [4.78, 5) is 24.7. The van der Waals surface area contributed by atoms with Crippen molar-refractivity contribution in [2.75, 3.05) is 13.2 Å². The standard InChI is InChI=1S/C29H31N7O2/c1-6-38-28-11-27(31-13-22(28)12-30)20(4)36-8-7-23-24(26-16-34(5)33-19(26)3)9-21(10-25(23)29(36)37)15-35-14-18(2)32-17-35/h9-11,13-14,16-17,20H,6-8,15H2,1-5H3. The third-order valence-electron chi connectivity index (χ3n) is 7.04. The van der Waals surface area contributed by atoms with Crippen LogP contribution in [0, 0.1) is 25.2 Å². The van der Waals surface area contributed by atoms with Crippen molar-refractivity contribution in [3.63, 3.8) is 0 Å². The predicted octanol–water partition coefficient (Wildman–Crippen LogP) is 4.37. The minimum Gasteiger partial charge on any atom is -0.492 e. The van der Waals surface area contributed by atoms with E-state index in [4.69, 9.17) is 4.74 Å². The van der Waals surface area contributed by atoms with Gasteiger partial charge in [-0.1, -0.05) is 0 Å². The zero-order valence-electron chi connectivity index (χ0n) is 22.4. The van der Waals surface area contributed by atoms with Crippen LogP contribution in [0.15, 0.2) is 43.1 Å². The number of aromatic nitrogens is 5. The summed E-state index contributed by atoms with van der Waals surface area (Å²) in [6.45, 7) is 9.42. The van der Waals surface area contributed by atoms with Crippen LogP contribution < -0.4 is 4.74 Å². The molecule has 1 unspecified atom stereocenters. The van der Waals surface area contributed by atoms with Crippen LogP contribution in [0.4, 0.5) is 0 Å². The molecule has 0 saturated carbocycles. The average Bonchev–Trinajstić information content (AvgIpc) is 3.47. The van der Waals surface area contributed by atoms with Crippen LogP contribution in [0.5, 0.6) is 5.75 Å². The lowest BCUT2D eigenvalue weighted by Crippen LogP contribution is -2.40. The first-order chi connectivity index (χ1) is 18.3. The van der Waals surface area contributed by atoms with Gasteiger partial charge in [0.1, 0.15) is 17.4 Å². The summed E-state index contributed by atoms with van der Waals surface area (Å²) in [6.07, 6.45) is 8.07. The number of nitriles is 1. The van der Waals surface area contributed by atoms with Crippen molar-refractivity contribution in [1.82, 2.24) is 29.2 Å². The van der Waals surface area contributed by atoms with E-state index in [-0.39, 0.29) is 11.9 Å². The van der Waals surface area contributed by atoms with E-state index in [0.717, 1.165) is 33.6 Å². The van der Waals surface area contributed by atoms with E-state index in [0.29, 0.717) is 48.7 Å². The number of hydrogen-bond acceptors (Lipinski definition) is 6. The molecule has 9 nitrogen and oxygen atoms in total. The van der Waals surface area contributed by atoms with Crippen LogP contribution in [-0.4, -0.2) is 48.3 Å². The fraction of sp³-hybridized carbons (Fsp3) is 0.345. The molecule has 4 heterocycles. The van der Waals surface area contributed by atoms with Crippen LogP contribution in [0.2, 0.25) is 0 Å². The summed E-state index contributed by atoms with van der Waals surface area (Å²) >= 11 is 0. The van der Waals surface area contributed by atoms with E-state index in [2.05, 4.69) is 27.2 Å². The van der Waals surface area contributed by atoms with Gasteiger partial charge in [-0.2, -0.15) is 10.4 Å². The fourth-order valence-electron chi connectivity index (χ4n) is 5.21. The molecule has 0 spiro atoms. The number of hydrogen-bond donors (Lipinski definition) is 0. The zero-order valence-corrected chi connectivity index (χ0v) is 22.4. The Balaban J connectivity index is 1.55. The summed E-state index contributed by atoms with van der Waals surface area (Å²) in [7, 11) is 1.91. The lowest BCUT2D eigenvalue weighted by atomic mass is 9.87. The van der Waals surface area contributed by atoms with Crippen molar-refractivity contribution in [3.05, 3.63) is 82.5 Å². The second-order valence-electron chi connectivity index (χ2n) is 9.73. The van der Waals surface area contributed by atoms with Gasteiger partial charge in [0.2, 0.25) is 0 Å². The molecule has 0 aliphatic carbocycles. The van der Waals surface area contributed by atoms with Crippen molar-refractivity contribution in [3.8, 4) is 22.9 Å². The Morgan fingerprint density at radius 2 is 1.92 bits per heavy atom. The van der Waals surface area contributed by atoms with Crippen LogP contribution in [0.1, 0.15) is 64.0 Å². The molecule has 38 heavy (non-hydrogen) atoms. The molecule has 1 atom stereocenters. The number of benzene rings is 1. The fourth-order valence-corrected chi connectivity index (χ4v) is 5.21. The highest BCUT2D eigenvalue weighted by Crippen LogP contribution is 2.36. The van der Waals surface area contributed by atoms with Gasteiger partial charge in [0.25, 0.3) is 5.91 Å². The predicted molar refractivity (Wildman–Crippen MR) is 143 cm³/mol. The number of fused-ring (bicyclic) bond motifs is 1. The molecule has 0 N–H and O–H groups in total. The minimum atomic E-state index is -0.286. The molecular formula is C29H31N7O2. The van der Waals surface area contributed by atoms with Gasteiger partial charge in [0, 0.05) is 55.9 Å². The second-order valence-corrected chi connectivity index (χ2v) is 9.73. The third-order valence-corrected chi connectivity index (χ3v) is 7.04. The van der Waals surface area contributed by atoms with Gasteiger partial charge >= 0.3 is 0 Å². The highest BCUT2D eigenvalue weighted by atomic mass is 16.5. The third kappa shape index (κ3) is 4.65. The number of pyridine rings is 1. The van der Waals surface area contributed by atoms with E-state index in [1.807, 2.05) is 73.7 Å². The normalized spacial score (nSPS) is 13.8. The van der Waals surface area contributed by atoms with Gasteiger partial charge in [0.15, 0.2) is 0 Å². The summed E-state index contributed by atoms with van der Waals surface area (Å²) in [5.74, 6) is 0.457. The van der Waals surface area contributed by atoms with E-state index >= 15 is 0 Å². The smallest absolute Gasteiger partial charge is 0.254 e. The van der Waals surface area contributed by atoms with Gasteiger partial charge in [-0.25, -0.2) is 4.98 Å². The van der Waals surface area contributed by atoms with Crippen molar-refractivity contribution >= 4 is 5.91 Å². The van der Waals surface area contributed by atoms with Crippen molar-refractivity contribution in [2.45, 2.75) is 46.7 Å². The van der Waals surface area contributed by atoms with Crippen molar-refractivity contribution < 1.29 is 9.53 Å². The van der Waals surface area contributed by atoms with Crippen LogP contribution >= 0.6 is 0 Å². The molecule has 0 saturated heterocycles. The van der Waals surface area contributed by atoms with Crippen LogP contribution in [0.25, 0.3) is 11.1 Å². The summed E-state index contributed by atoms with van der Waals surface area (Å²) in [5, 5.41) is 14.0. The summed E-state index contributed by atoms with van der Waals surface area (Å²) in [6, 6.07) is 7.81. The Bertz CT molecular complexity index is 1560. The molecule has 4 aromatic rings. The number of imidazole rings is 1. The monoisotopic (exact) mass is 509 g/mol. The highest BCUT2D eigenvalue weighted by molar-refractivity contribution is 5.99. The molecule has 0 bridgehead atoms. The molecule has 0 radical (unpaired) electrons. The molecule has 1 aliphatic rings. The number of rotatable bonds is 7. The van der Waals surface area contributed by atoms with E-state index in [9.17, 15) is 10.1 Å². The first kappa shape index (κ1) is 25.2. The largest absolute Gasteiger partial charge is 0.492 e. The van der Waals surface area contributed by atoms with Crippen molar-refractivity contribution in [2.24, 2.45) is 7.05 Å². The molecule has 1 amide bonds. The van der Waals surface area contributed by atoms with E-state index in [1.54, 1.807) is 6.07 Å². The summed E-state index contributed by atoms with van der Waals surface area (Å²) < 4.78 is 9.50. The number of ether oxygens (including phenoxy) is 1. The molecule has 9 heteroatoms. The number of amides is 1. The Labute approximate surface area is 222 Å². The number of carbonyl (C=O) groups is 1. The van der Waals surface area contributed by atoms with Crippen molar-refractivity contribution in [1.29, 1.82) is 5.26 Å². The quantitative estimate of drug-likeness (QED) is 0.367. The van der Waals surface area contributed by atoms with E-state index in [1.165, 1.54) is 6.20 Å². The second kappa shape index (κ2) is 10.1. The Hall–Kier alpha value is -4.45. The lowest BCUT2D eigenvalue weighted by Gasteiger charge is -2.34. The number of nitrogens with zero attached hydrogens (tertiary/aromatic N) is 7. The molecular weight excluding hydrogens is 478 g/mol. The van der Waals surface area contributed by atoms with Gasteiger partial charge in [-0.15, -0.1) is 0 Å². The maximum Gasteiger partial charge on any atom is 0.254 e. The average molecular weight is 510 g/mol. The minimum absolute atomic E-state index is 0.0330. The SMILES string of the molecule is CCOc1cc(C(C)N2CCc3c(cc(Cn4cnc(C)c4)cc3-c3cn(C)nc3C)C2=O)ncc1C#N. The summed E-state index contributed by atoms with van der Waals surface area (Å²) in [5.41, 5.74) is 7.82. The molecule has 5 rings (SSSR count). The number of carbonyl (C=O) groups excluding carboxylic acids is 1. The first-order valence-electron chi connectivity index (χ1n) is 12.8. The first-order valence-corrected chi connectivity index (χ1v) is 12.8. The van der Waals surface area contributed by atoms with Gasteiger partial charge in [0.05, 0.1) is 36.1 Å². The van der Waals surface area contributed by atoms with Crippen LogP contribution in [0.3, 0.4) is 0 Å². The van der Waals surface area contributed by atoms with E-state index < -0.39 is 0 Å². The topological polar surface area (TPSA) is 102 Å². The molecule has 0 fully saturated rings. The van der Waals surface area contributed by atoms with Crippen LogP contribution in [-0.2, 0) is 20.0 Å². The molecule has 3 aromatic heterocycles.